The van der Waals surface area contributed by atoms with Gasteiger partial charge >= 0.3 is 11.9 Å². The van der Waals surface area contributed by atoms with E-state index in [0.717, 1.165) is 54.9 Å². The predicted octanol–water partition coefficient (Wildman–Crippen LogP) is 3.40. The minimum absolute atomic E-state index is 0.141. The zero-order chi connectivity index (χ0) is 36.8. The Hall–Kier alpha value is -4.56. The van der Waals surface area contributed by atoms with Crippen LogP contribution in [0, 0.1) is 0 Å². The number of esters is 2. The van der Waals surface area contributed by atoms with Crippen molar-refractivity contribution in [3.63, 3.8) is 0 Å². The van der Waals surface area contributed by atoms with E-state index in [1.807, 2.05) is 36.4 Å². The molecule has 6 rings (SSSR count). The van der Waals surface area contributed by atoms with E-state index >= 15 is 0 Å². The van der Waals surface area contributed by atoms with E-state index in [0.29, 0.717) is 24.2 Å². The van der Waals surface area contributed by atoms with Crippen LogP contribution in [0.4, 0.5) is 5.69 Å². The summed E-state index contributed by atoms with van der Waals surface area (Å²) in [6.45, 7) is 9.66. The molecule has 51 heavy (non-hydrogen) atoms. The quantitative estimate of drug-likeness (QED) is 0.281. The first-order valence-electron chi connectivity index (χ1n) is 16.8. The molecule has 1 N–H and O–H groups in total. The number of benzene rings is 2. The molecule has 2 aromatic heterocycles. The zero-order valence-corrected chi connectivity index (χ0v) is 31.3. The number of halogens is 1. The summed E-state index contributed by atoms with van der Waals surface area (Å²) in [5.41, 5.74) is 3.60. The van der Waals surface area contributed by atoms with Crippen molar-refractivity contribution in [1.29, 1.82) is 0 Å². The smallest absolute Gasteiger partial charge is 0.339 e. The lowest BCUT2D eigenvalue weighted by Crippen LogP contribution is -2.44. The van der Waals surface area contributed by atoms with Crippen LogP contribution in [0.1, 0.15) is 31.8 Å². The summed E-state index contributed by atoms with van der Waals surface area (Å²) in [4.78, 5) is 54.0. The molecule has 2 aliphatic rings. The van der Waals surface area contributed by atoms with Crippen LogP contribution in [-0.2, 0) is 22.6 Å². The molecule has 12 nitrogen and oxygen atoms in total. The summed E-state index contributed by atoms with van der Waals surface area (Å²) in [5, 5.41) is 3.27. The van der Waals surface area contributed by atoms with E-state index in [1.165, 1.54) is 72.6 Å². The average molecular weight is 764 g/mol. The van der Waals surface area contributed by atoms with Crippen LogP contribution in [0.3, 0.4) is 0 Å². The van der Waals surface area contributed by atoms with Crippen molar-refractivity contribution in [1.82, 2.24) is 24.3 Å². The van der Waals surface area contributed by atoms with Crippen molar-refractivity contribution in [2.75, 3.05) is 85.6 Å². The lowest BCUT2D eigenvalue weighted by Gasteiger charge is -2.34. The van der Waals surface area contributed by atoms with Gasteiger partial charge in [-0.25, -0.2) is 9.59 Å². The molecule has 4 heterocycles. The Bertz CT molecular complexity index is 1860. The third kappa shape index (κ3) is 12.3. The first-order valence-corrected chi connectivity index (χ1v) is 17.6. The lowest BCUT2D eigenvalue weighted by atomic mass is 10.1. The average Bonchev–Trinajstić information content (AvgIpc) is 3.14. The molecule has 2 aromatic carbocycles. The Balaban J connectivity index is 0.000000197. The molecule has 0 spiro atoms. The number of nitrogens with one attached hydrogen (secondary N) is 1. The van der Waals surface area contributed by atoms with Crippen LogP contribution in [0.15, 0.2) is 99.3 Å². The summed E-state index contributed by atoms with van der Waals surface area (Å²) < 4.78 is 13.3. The van der Waals surface area contributed by atoms with Crippen LogP contribution in [-0.4, -0.2) is 112 Å². The molecule has 4 aromatic rings. The predicted molar refractivity (Wildman–Crippen MR) is 203 cm³/mol. The Morgan fingerprint density at radius 3 is 1.63 bits per heavy atom. The maximum atomic E-state index is 12.1. The van der Waals surface area contributed by atoms with Gasteiger partial charge in [0, 0.05) is 87.0 Å². The van der Waals surface area contributed by atoms with Gasteiger partial charge < -0.3 is 38.6 Å². The summed E-state index contributed by atoms with van der Waals surface area (Å²) in [5.74, 6) is -0.900. The standard InChI is InChI=1S/C19H23N3O3.C14H12BrNO3.C5H12N2/c1-20-8-10-21(11-9-20)17-5-3-4-15(12-17)13-22-14-16(19(24)25-2)6-7-18(22)23;1-19-14(18)11-5-6-13(17)16(9-11)8-10-3-2-4-12(15)7-10;1-7-4-2-6-3-5-7/h3-7,12,14H,8-11,13H2,1-2H3;2-7,9H,8H2,1H3;6H,2-5H2,1H3. The fourth-order valence-electron chi connectivity index (χ4n) is 5.51. The van der Waals surface area contributed by atoms with E-state index < -0.39 is 11.9 Å². The SMILES string of the molecule is CN1CCNCC1.COC(=O)c1ccc(=O)n(Cc2cccc(Br)c2)c1.COC(=O)c1ccc(=O)n(Cc2cccc(N3CCN(C)CC3)c2)c1. The molecule has 0 bridgehead atoms. The molecule has 0 atom stereocenters. The van der Waals surface area contributed by atoms with Crippen molar-refractivity contribution >= 4 is 33.6 Å². The van der Waals surface area contributed by atoms with Gasteiger partial charge in [-0.3, -0.25) is 9.59 Å². The molecule has 0 amide bonds. The number of rotatable bonds is 7. The maximum Gasteiger partial charge on any atom is 0.339 e. The number of likely N-dealkylation sites (N-methyl/N-ethyl adjacent to an activating group) is 2. The summed E-state index contributed by atoms with van der Waals surface area (Å²) in [7, 11) is 6.93. The Morgan fingerprint density at radius 1 is 0.667 bits per heavy atom. The van der Waals surface area contributed by atoms with Crippen LogP contribution in [0.25, 0.3) is 0 Å². The van der Waals surface area contributed by atoms with Gasteiger partial charge in [0.2, 0.25) is 0 Å². The number of carbonyl (C=O) groups excluding carboxylic acids is 2. The van der Waals surface area contributed by atoms with Crippen LogP contribution < -0.4 is 21.3 Å². The molecule has 2 aliphatic heterocycles. The van der Waals surface area contributed by atoms with Crippen molar-refractivity contribution in [2.45, 2.75) is 13.1 Å². The highest BCUT2D eigenvalue weighted by atomic mass is 79.9. The second kappa shape index (κ2) is 19.7. The third-order valence-electron chi connectivity index (χ3n) is 8.52. The topological polar surface area (TPSA) is 118 Å². The number of anilines is 1. The Morgan fingerprint density at radius 2 is 1.16 bits per heavy atom. The molecular weight excluding hydrogens is 716 g/mol. The maximum absolute atomic E-state index is 12.1. The van der Waals surface area contributed by atoms with Gasteiger partial charge in [0.25, 0.3) is 11.1 Å². The molecule has 13 heteroatoms. The largest absolute Gasteiger partial charge is 0.465 e. The fourth-order valence-corrected chi connectivity index (χ4v) is 5.96. The molecule has 0 aliphatic carbocycles. The molecule has 0 radical (unpaired) electrons. The summed E-state index contributed by atoms with van der Waals surface area (Å²) in [6.07, 6.45) is 3.06. The second-order valence-electron chi connectivity index (χ2n) is 12.4. The minimum atomic E-state index is -0.456. The fraction of sp³-hybridized carbons (Fsp3) is 0.368. The molecular formula is C38H47BrN6O6. The summed E-state index contributed by atoms with van der Waals surface area (Å²) in [6, 6.07) is 21.6. The van der Waals surface area contributed by atoms with E-state index in [2.05, 4.69) is 66.9 Å². The Kier molecular flexibility index (Phi) is 15.2. The van der Waals surface area contributed by atoms with Gasteiger partial charge in [0.15, 0.2) is 0 Å². The monoisotopic (exact) mass is 762 g/mol. The van der Waals surface area contributed by atoms with Crippen LogP contribution in [0.5, 0.6) is 0 Å². The Labute approximate surface area is 307 Å². The number of piperazine rings is 2. The molecule has 2 saturated heterocycles. The van der Waals surface area contributed by atoms with Crippen LogP contribution in [0.2, 0.25) is 0 Å². The highest BCUT2D eigenvalue weighted by Crippen LogP contribution is 2.18. The zero-order valence-electron chi connectivity index (χ0n) is 29.7. The van der Waals surface area contributed by atoms with Crippen molar-refractivity contribution in [2.24, 2.45) is 0 Å². The number of carbonyl (C=O) groups is 2. The van der Waals surface area contributed by atoms with E-state index in [9.17, 15) is 19.2 Å². The second-order valence-corrected chi connectivity index (χ2v) is 13.3. The van der Waals surface area contributed by atoms with Gasteiger partial charge in [0.05, 0.1) is 38.4 Å². The van der Waals surface area contributed by atoms with Gasteiger partial charge in [-0.1, -0.05) is 40.2 Å². The van der Waals surface area contributed by atoms with Gasteiger partial charge in [0.1, 0.15) is 0 Å². The number of methoxy groups -OCH3 is 2. The number of nitrogens with zero attached hydrogens (tertiary/aromatic N) is 5. The van der Waals surface area contributed by atoms with Gasteiger partial charge in [-0.15, -0.1) is 0 Å². The normalized spacial score (nSPS) is 14.7. The molecule has 272 valence electrons. The van der Waals surface area contributed by atoms with E-state index in [-0.39, 0.29) is 11.1 Å². The number of hydrogen-bond acceptors (Lipinski definition) is 10. The van der Waals surface area contributed by atoms with E-state index in [4.69, 9.17) is 4.74 Å². The van der Waals surface area contributed by atoms with Crippen molar-refractivity contribution in [3.05, 3.63) is 133 Å². The molecule has 0 saturated carbocycles. The van der Waals surface area contributed by atoms with Crippen molar-refractivity contribution in [3.8, 4) is 0 Å². The lowest BCUT2D eigenvalue weighted by molar-refractivity contribution is 0.0590. The van der Waals surface area contributed by atoms with E-state index in [1.54, 1.807) is 6.20 Å². The number of aromatic nitrogens is 2. The first kappa shape index (κ1) is 39.2. The number of ether oxygens (including phenoxy) is 2. The first-order chi connectivity index (χ1) is 24.6. The van der Waals surface area contributed by atoms with Gasteiger partial charge in [-0.05, 0) is 61.6 Å². The molecule has 2 fully saturated rings. The third-order valence-corrected chi connectivity index (χ3v) is 9.02. The van der Waals surface area contributed by atoms with Gasteiger partial charge in [-0.2, -0.15) is 0 Å². The summed E-state index contributed by atoms with van der Waals surface area (Å²) >= 11 is 3.38. The number of pyridine rings is 2. The molecule has 0 unspecified atom stereocenters. The van der Waals surface area contributed by atoms with Crippen LogP contribution >= 0.6 is 15.9 Å². The minimum Gasteiger partial charge on any atom is -0.465 e. The number of hydrogen-bond donors (Lipinski definition) is 1. The highest BCUT2D eigenvalue weighted by molar-refractivity contribution is 9.10. The highest BCUT2D eigenvalue weighted by Gasteiger charge is 2.15. The van der Waals surface area contributed by atoms with Crippen molar-refractivity contribution < 1.29 is 19.1 Å².